The molecule has 0 saturated carbocycles. The van der Waals surface area contributed by atoms with Crippen LogP contribution in [0.1, 0.15) is 31.7 Å². The summed E-state index contributed by atoms with van der Waals surface area (Å²) >= 11 is 0. The fourth-order valence-corrected chi connectivity index (χ4v) is 1.51. The fourth-order valence-electron chi connectivity index (χ4n) is 1.51. The molecule has 0 aliphatic carbocycles. The number of ether oxygens (including phenoxy) is 1. The fraction of sp³-hybridized carbons (Fsp3) is 0.556. The van der Waals surface area contributed by atoms with Crippen LogP contribution < -0.4 is 5.73 Å². The van der Waals surface area contributed by atoms with Crippen molar-refractivity contribution in [1.29, 1.82) is 0 Å². The Morgan fingerprint density at radius 3 is 2.62 bits per heavy atom. The van der Waals surface area contributed by atoms with Gasteiger partial charge in [-0.3, -0.25) is 0 Å². The molecule has 2 atom stereocenters. The quantitative estimate of drug-likeness (QED) is 0.705. The second-order valence-corrected chi connectivity index (χ2v) is 3.39. The Bertz CT molecular complexity index is 285. The topological polar surface area (TPSA) is 61.0 Å². The molecule has 2 unspecified atom stereocenters. The van der Waals surface area contributed by atoms with Crippen LogP contribution in [0.2, 0.25) is 0 Å². The summed E-state index contributed by atoms with van der Waals surface area (Å²) in [5.74, 6) is 0.749. The van der Waals surface area contributed by atoms with Crippen LogP contribution in [0.3, 0.4) is 0 Å². The summed E-state index contributed by atoms with van der Waals surface area (Å²) in [4.78, 5) is 8.27. The highest BCUT2D eigenvalue weighted by molar-refractivity contribution is 5.30. The van der Waals surface area contributed by atoms with Crippen molar-refractivity contribution in [3.05, 3.63) is 18.2 Å². The van der Waals surface area contributed by atoms with Crippen LogP contribution in [0.15, 0.2) is 12.4 Å². The molecule has 0 aromatic carbocycles. The van der Waals surface area contributed by atoms with Gasteiger partial charge in [0.25, 0.3) is 0 Å². The van der Waals surface area contributed by atoms with Gasteiger partial charge in [0.1, 0.15) is 6.10 Å². The zero-order valence-electron chi connectivity index (χ0n) is 7.60. The Labute approximate surface area is 77.1 Å². The molecule has 0 amide bonds. The Hall–Kier alpha value is -1.16. The number of anilines is 1. The molecule has 1 aromatic heterocycles. The molecule has 1 fully saturated rings. The van der Waals surface area contributed by atoms with Crippen molar-refractivity contribution in [3.8, 4) is 0 Å². The maximum atomic E-state index is 5.62. The van der Waals surface area contributed by atoms with Gasteiger partial charge < -0.3 is 10.5 Å². The number of aromatic nitrogens is 2. The highest BCUT2D eigenvalue weighted by Gasteiger charge is 2.25. The minimum atomic E-state index is 0.0654. The highest BCUT2D eigenvalue weighted by Crippen LogP contribution is 2.29. The molecule has 1 aromatic rings. The molecule has 2 N–H and O–H groups in total. The minimum absolute atomic E-state index is 0.0654. The van der Waals surface area contributed by atoms with E-state index in [0.717, 1.165) is 18.7 Å². The smallest absolute Gasteiger partial charge is 0.157 e. The van der Waals surface area contributed by atoms with E-state index in [-0.39, 0.29) is 6.10 Å². The van der Waals surface area contributed by atoms with Gasteiger partial charge in [-0.15, -0.1) is 0 Å². The van der Waals surface area contributed by atoms with Crippen LogP contribution in [-0.4, -0.2) is 16.1 Å². The third-order valence-electron chi connectivity index (χ3n) is 2.21. The van der Waals surface area contributed by atoms with Gasteiger partial charge in [-0.25, -0.2) is 9.97 Å². The molecular formula is C9H13N3O. The second kappa shape index (κ2) is 3.30. The van der Waals surface area contributed by atoms with E-state index in [4.69, 9.17) is 10.5 Å². The lowest BCUT2D eigenvalue weighted by Gasteiger charge is -2.08. The van der Waals surface area contributed by atoms with E-state index in [0.29, 0.717) is 11.8 Å². The monoisotopic (exact) mass is 179 g/mol. The predicted octanol–water partition coefficient (Wildman–Crippen LogP) is 1.30. The van der Waals surface area contributed by atoms with Gasteiger partial charge in [0.05, 0.1) is 24.2 Å². The Balaban J connectivity index is 2.13. The number of nitrogen functional groups attached to an aromatic ring is 1. The first-order chi connectivity index (χ1) is 6.25. The van der Waals surface area contributed by atoms with E-state index in [1.54, 1.807) is 12.4 Å². The minimum Gasteiger partial charge on any atom is -0.396 e. The number of hydrogen-bond donors (Lipinski definition) is 1. The van der Waals surface area contributed by atoms with Gasteiger partial charge in [0, 0.05) is 0 Å². The SMILES string of the molecule is CC1CCC(c2ncc(N)cn2)O1. The van der Waals surface area contributed by atoms with Gasteiger partial charge in [-0.2, -0.15) is 0 Å². The lowest BCUT2D eigenvalue weighted by molar-refractivity contribution is 0.0503. The van der Waals surface area contributed by atoms with Crippen LogP contribution in [0, 0.1) is 0 Å². The molecule has 2 rings (SSSR count). The van der Waals surface area contributed by atoms with E-state index in [1.807, 2.05) is 0 Å². The summed E-state index contributed by atoms with van der Waals surface area (Å²) < 4.78 is 5.62. The lowest BCUT2D eigenvalue weighted by atomic mass is 10.2. The van der Waals surface area contributed by atoms with Gasteiger partial charge >= 0.3 is 0 Å². The Kier molecular flexibility index (Phi) is 2.14. The molecule has 1 saturated heterocycles. The molecular weight excluding hydrogens is 166 g/mol. The second-order valence-electron chi connectivity index (χ2n) is 3.39. The molecule has 2 heterocycles. The first kappa shape index (κ1) is 8.44. The molecule has 4 nitrogen and oxygen atoms in total. The molecule has 13 heavy (non-hydrogen) atoms. The number of rotatable bonds is 1. The molecule has 1 aliphatic heterocycles. The molecule has 70 valence electrons. The standard InChI is InChI=1S/C9H13N3O/c1-6-2-3-8(13-6)9-11-4-7(10)5-12-9/h4-6,8H,2-3,10H2,1H3. The van der Waals surface area contributed by atoms with Crippen molar-refractivity contribution in [2.45, 2.75) is 32.0 Å². The number of nitrogens with two attached hydrogens (primary N) is 1. The third-order valence-corrected chi connectivity index (χ3v) is 2.21. The average Bonchev–Trinajstić information content (AvgIpc) is 2.53. The first-order valence-electron chi connectivity index (χ1n) is 4.48. The van der Waals surface area contributed by atoms with E-state index in [2.05, 4.69) is 16.9 Å². The summed E-state index contributed by atoms with van der Waals surface area (Å²) in [6.07, 6.45) is 5.72. The van der Waals surface area contributed by atoms with Crippen molar-refractivity contribution in [2.75, 3.05) is 5.73 Å². The predicted molar refractivity (Wildman–Crippen MR) is 49.0 cm³/mol. The van der Waals surface area contributed by atoms with Crippen LogP contribution in [0.4, 0.5) is 5.69 Å². The lowest BCUT2D eigenvalue weighted by Crippen LogP contribution is -2.05. The first-order valence-corrected chi connectivity index (χ1v) is 4.48. The molecule has 0 bridgehead atoms. The highest BCUT2D eigenvalue weighted by atomic mass is 16.5. The van der Waals surface area contributed by atoms with Crippen molar-refractivity contribution in [1.82, 2.24) is 9.97 Å². The maximum absolute atomic E-state index is 5.62. The normalized spacial score (nSPS) is 27.8. The van der Waals surface area contributed by atoms with Crippen molar-refractivity contribution >= 4 is 5.69 Å². The van der Waals surface area contributed by atoms with Crippen molar-refractivity contribution in [2.24, 2.45) is 0 Å². The Morgan fingerprint density at radius 1 is 1.38 bits per heavy atom. The van der Waals surface area contributed by atoms with Crippen molar-refractivity contribution in [3.63, 3.8) is 0 Å². The average molecular weight is 179 g/mol. The number of nitrogens with zero attached hydrogens (tertiary/aromatic N) is 2. The van der Waals surface area contributed by atoms with Crippen LogP contribution >= 0.6 is 0 Å². The van der Waals surface area contributed by atoms with Crippen molar-refractivity contribution < 1.29 is 4.74 Å². The van der Waals surface area contributed by atoms with Gasteiger partial charge in [0.2, 0.25) is 0 Å². The summed E-state index contributed by atoms with van der Waals surface area (Å²) in [6, 6.07) is 0. The zero-order chi connectivity index (χ0) is 9.26. The van der Waals surface area contributed by atoms with E-state index >= 15 is 0 Å². The zero-order valence-corrected chi connectivity index (χ0v) is 7.60. The van der Waals surface area contributed by atoms with Gasteiger partial charge in [-0.1, -0.05) is 0 Å². The van der Waals surface area contributed by atoms with Crippen LogP contribution in [0.5, 0.6) is 0 Å². The van der Waals surface area contributed by atoms with Gasteiger partial charge in [0.15, 0.2) is 5.82 Å². The molecule has 0 spiro atoms. The third kappa shape index (κ3) is 1.78. The summed E-state index contributed by atoms with van der Waals surface area (Å²) in [7, 11) is 0. The summed E-state index contributed by atoms with van der Waals surface area (Å²) in [5, 5.41) is 0. The van der Waals surface area contributed by atoms with E-state index in [9.17, 15) is 0 Å². The molecule has 1 aliphatic rings. The number of hydrogen-bond acceptors (Lipinski definition) is 4. The molecule has 4 heteroatoms. The van der Waals surface area contributed by atoms with Crippen LogP contribution in [0.25, 0.3) is 0 Å². The molecule has 0 radical (unpaired) electrons. The summed E-state index contributed by atoms with van der Waals surface area (Å²) in [5.41, 5.74) is 6.08. The largest absolute Gasteiger partial charge is 0.396 e. The summed E-state index contributed by atoms with van der Waals surface area (Å²) in [6.45, 7) is 2.07. The Morgan fingerprint density at radius 2 is 2.08 bits per heavy atom. The van der Waals surface area contributed by atoms with Crippen LogP contribution in [-0.2, 0) is 4.74 Å². The maximum Gasteiger partial charge on any atom is 0.157 e. The van der Waals surface area contributed by atoms with E-state index in [1.165, 1.54) is 0 Å². The van der Waals surface area contributed by atoms with E-state index < -0.39 is 0 Å². The van der Waals surface area contributed by atoms with Gasteiger partial charge in [-0.05, 0) is 19.8 Å².